The topological polar surface area (TPSA) is 93.1 Å². The fourth-order valence-corrected chi connectivity index (χ4v) is 3.67. The lowest BCUT2D eigenvalue weighted by molar-refractivity contribution is -0.137. The van der Waals surface area contributed by atoms with Crippen LogP contribution in [0.25, 0.3) is 0 Å². The quantitative estimate of drug-likeness (QED) is 0.620. The Balaban J connectivity index is 4.82. The van der Waals surface area contributed by atoms with Crippen LogP contribution in [-0.2, 0) is 18.4 Å². The molecule has 0 heterocycles. The average molecular weight is 268 g/mol. The average Bonchev–Trinajstić information content (AvgIpc) is 2.17. The molecule has 0 aromatic heterocycles. The molecule has 0 aliphatic rings. The molecule has 0 spiro atoms. The molecule has 0 rings (SSSR count). The molecule has 7 heteroatoms. The molecule has 0 saturated carbocycles. The summed E-state index contributed by atoms with van der Waals surface area (Å²) < 4.78 is 22.6. The first-order valence-corrected chi connectivity index (χ1v) is 7.27. The molecule has 0 bridgehead atoms. The maximum atomic E-state index is 12.4. The van der Waals surface area contributed by atoms with Crippen molar-refractivity contribution in [1.29, 1.82) is 0 Å². The van der Waals surface area contributed by atoms with Crippen molar-refractivity contribution in [1.82, 2.24) is 0 Å². The third-order valence-electron chi connectivity index (χ3n) is 2.24. The van der Waals surface area contributed by atoms with E-state index in [4.69, 9.17) is 14.2 Å². The third kappa shape index (κ3) is 5.64. The van der Waals surface area contributed by atoms with Crippen molar-refractivity contribution < 1.29 is 28.6 Å². The van der Waals surface area contributed by atoms with Crippen LogP contribution in [0.5, 0.6) is 0 Å². The molecule has 2 N–H and O–H groups in total. The van der Waals surface area contributed by atoms with Crippen molar-refractivity contribution in [2.24, 2.45) is 0 Å². The van der Waals surface area contributed by atoms with Gasteiger partial charge in [-0.3, -0.25) is 9.36 Å². The van der Waals surface area contributed by atoms with Crippen molar-refractivity contribution in [3.63, 3.8) is 0 Å². The van der Waals surface area contributed by atoms with E-state index in [1.54, 1.807) is 13.8 Å². The van der Waals surface area contributed by atoms with Crippen molar-refractivity contribution in [2.75, 3.05) is 13.2 Å². The zero-order chi connectivity index (χ0) is 13.5. The van der Waals surface area contributed by atoms with Gasteiger partial charge in [0, 0.05) is 6.42 Å². The van der Waals surface area contributed by atoms with Crippen LogP contribution in [-0.4, -0.2) is 41.2 Å². The van der Waals surface area contributed by atoms with E-state index in [9.17, 15) is 14.5 Å². The fraction of sp³-hybridized carbons (Fsp3) is 0.900. The SMILES string of the molecule is CCOP(=O)(OCC)[C@@H](CCC(=O)O)[C@H](C)O. The summed E-state index contributed by atoms with van der Waals surface area (Å²) in [5, 5.41) is 18.2. The molecule has 0 radical (unpaired) electrons. The summed E-state index contributed by atoms with van der Waals surface area (Å²) >= 11 is 0. The maximum Gasteiger partial charge on any atom is 0.336 e. The molecule has 0 aromatic carbocycles. The predicted molar refractivity (Wildman–Crippen MR) is 63.2 cm³/mol. The highest BCUT2D eigenvalue weighted by Crippen LogP contribution is 2.55. The molecule has 0 unspecified atom stereocenters. The Kier molecular flexibility index (Phi) is 7.63. The normalized spacial score (nSPS) is 15.5. The molecule has 0 aliphatic carbocycles. The predicted octanol–water partition coefficient (Wildman–Crippen LogP) is 1.87. The molecule has 0 aromatic rings. The number of carbonyl (C=O) groups is 1. The van der Waals surface area contributed by atoms with Crippen LogP contribution >= 0.6 is 7.60 Å². The van der Waals surface area contributed by atoms with E-state index >= 15 is 0 Å². The number of aliphatic hydroxyl groups is 1. The Morgan fingerprint density at radius 3 is 2.06 bits per heavy atom. The number of carboxylic acid groups (broad SMARTS) is 1. The van der Waals surface area contributed by atoms with Crippen LogP contribution in [0.3, 0.4) is 0 Å². The van der Waals surface area contributed by atoms with E-state index in [1.165, 1.54) is 6.92 Å². The number of hydrogen-bond acceptors (Lipinski definition) is 5. The van der Waals surface area contributed by atoms with Crippen molar-refractivity contribution in [3.05, 3.63) is 0 Å². The molecule has 0 fully saturated rings. The first-order valence-electron chi connectivity index (χ1n) is 5.66. The van der Waals surface area contributed by atoms with Crippen LogP contribution in [0.4, 0.5) is 0 Å². The number of carboxylic acids is 1. The lowest BCUT2D eigenvalue weighted by atomic mass is 10.1. The van der Waals surface area contributed by atoms with E-state index < -0.39 is 25.3 Å². The van der Waals surface area contributed by atoms with Gasteiger partial charge in [0.1, 0.15) is 0 Å². The van der Waals surface area contributed by atoms with Gasteiger partial charge < -0.3 is 19.3 Å². The van der Waals surface area contributed by atoms with Gasteiger partial charge in [0.05, 0.1) is 25.0 Å². The van der Waals surface area contributed by atoms with E-state index in [1.807, 2.05) is 0 Å². The number of aliphatic hydroxyl groups excluding tert-OH is 1. The zero-order valence-corrected chi connectivity index (χ0v) is 11.4. The standard InChI is InChI=1S/C10H21O6P/c1-4-15-17(14,16-5-2)9(8(3)11)6-7-10(12)13/h8-9,11H,4-7H2,1-3H3,(H,12,13)/t8-,9-/m0/s1. The Morgan fingerprint density at radius 1 is 1.29 bits per heavy atom. The van der Waals surface area contributed by atoms with Crippen LogP contribution in [0.1, 0.15) is 33.6 Å². The lowest BCUT2D eigenvalue weighted by Crippen LogP contribution is -2.26. The zero-order valence-electron chi connectivity index (χ0n) is 10.5. The maximum absolute atomic E-state index is 12.4. The minimum absolute atomic E-state index is 0.0598. The Morgan fingerprint density at radius 2 is 1.76 bits per heavy atom. The van der Waals surface area contributed by atoms with E-state index in [0.717, 1.165) is 0 Å². The molecule has 2 atom stereocenters. The largest absolute Gasteiger partial charge is 0.481 e. The second-order valence-electron chi connectivity index (χ2n) is 3.62. The van der Waals surface area contributed by atoms with E-state index in [-0.39, 0.29) is 26.1 Å². The Hall–Kier alpha value is -0.420. The highest BCUT2D eigenvalue weighted by molar-refractivity contribution is 7.54. The van der Waals surface area contributed by atoms with Gasteiger partial charge in [0.25, 0.3) is 0 Å². The highest BCUT2D eigenvalue weighted by atomic mass is 31.2. The Bertz CT molecular complexity index is 268. The summed E-state index contributed by atoms with van der Waals surface area (Å²) in [6.07, 6.45) is -1.07. The second kappa shape index (κ2) is 7.82. The van der Waals surface area contributed by atoms with E-state index in [0.29, 0.717) is 0 Å². The summed E-state index contributed by atoms with van der Waals surface area (Å²) in [6.45, 7) is 5.17. The minimum Gasteiger partial charge on any atom is -0.481 e. The van der Waals surface area contributed by atoms with Gasteiger partial charge in [-0.2, -0.15) is 0 Å². The summed E-state index contributed by atoms with van der Waals surface area (Å²) in [5.41, 5.74) is -0.807. The Labute approximate surface area is 101 Å². The number of hydrogen-bond donors (Lipinski definition) is 2. The van der Waals surface area contributed by atoms with Crippen LogP contribution in [0.2, 0.25) is 0 Å². The van der Waals surface area contributed by atoms with Crippen LogP contribution in [0.15, 0.2) is 0 Å². The molecule has 0 saturated heterocycles. The van der Waals surface area contributed by atoms with Gasteiger partial charge in [-0.15, -0.1) is 0 Å². The van der Waals surface area contributed by atoms with Gasteiger partial charge in [0.2, 0.25) is 0 Å². The van der Waals surface area contributed by atoms with Gasteiger partial charge in [-0.1, -0.05) is 0 Å². The summed E-state index contributed by atoms with van der Waals surface area (Å²) in [4.78, 5) is 10.5. The first-order chi connectivity index (χ1) is 7.87. The highest BCUT2D eigenvalue weighted by Gasteiger charge is 2.38. The second-order valence-corrected chi connectivity index (χ2v) is 5.88. The molecular formula is C10H21O6P. The van der Waals surface area contributed by atoms with Gasteiger partial charge in [-0.05, 0) is 27.2 Å². The van der Waals surface area contributed by atoms with Crippen molar-refractivity contribution in [3.8, 4) is 0 Å². The monoisotopic (exact) mass is 268 g/mol. The molecule has 0 amide bonds. The summed E-state index contributed by atoms with van der Waals surface area (Å²) in [6, 6.07) is 0. The molecule has 102 valence electrons. The minimum atomic E-state index is -3.46. The van der Waals surface area contributed by atoms with Gasteiger partial charge >= 0.3 is 13.6 Å². The van der Waals surface area contributed by atoms with Crippen LogP contribution in [0, 0.1) is 0 Å². The van der Waals surface area contributed by atoms with Crippen LogP contribution < -0.4 is 0 Å². The lowest BCUT2D eigenvalue weighted by Gasteiger charge is -2.27. The van der Waals surface area contributed by atoms with E-state index in [2.05, 4.69) is 0 Å². The molecule has 0 aliphatic heterocycles. The molecular weight excluding hydrogens is 247 g/mol. The van der Waals surface area contributed by atoms with Crippen molar-refractivity contribution in [2.45, 2.75) is 45.4 Å². The fourth-order valence-electron chi connectivity index (χ4n) is 1.52. The number of rotatable bonds is 9. The summed E-state index contributed by atoms with van der Waals surface area (Å²) in [7, 11) is -3.46. The van der Waals surface area contributed by atoms with Gasteiger partial charge in [-0.25, -0.2) is 0 Å². The molecule has 17 heavy (non-hydrogen) atoms. The number of aliphatic carboxylic acids is 1. The smallest absolute Gasteiger partial charge is 0.336 e. The van der Waals surface area contributed by atoms with Gasteiger partial charge in [0.15, 0.2) is 0 Å². The van der Waals surface area contributed by atoms with Crippen molar-refractivity contribution >= 4 is 13.6 Å². The summed E-state index contributed by atoms with van der Waals surface area (Å²) in [5.74, 6) is -1.00. The third-order valence-corrected chi connectivity index (χ3v) is 4.97. The first kappa shape index (κ1) is 16.6. The molecule has 6 nitrogen and oxygen atoms in total.